The Balaban J connectivity index is 1.78. The van der Waals surface area contributed by atoms with E-state index in [0.717, 1.165) is 30.4 Å². The highest BCUT2D eigenvalue weighted by molar-refractivity contribution is 6.34. The molecule has 1 heterocycles. The molecule has 0 bridgehead atoms. The van der Waals surface area contributed by atoms with Crippen LogP contribution in [-0.4, -0.2) is 29.0 Å². The standard InChI is InChI=1S/C27H35ClN4O2/c1-17(2)13-14-29-19(4)26(34)30-23-12-8-11-22(25(23)28)27(6)16-24(33)32(20(5)31-27)21-10-7-9-18(3)15-21/h8,11-14,18,21,31H,4-5,7,9-10,15-16H2,1-3,6H3,(H,30,34). The fourth-order valence-electron chi connectivity index (χ4n) is 4.77. The van der Waals surface area contributed by atoms with Crippen LogP contribution in [0.4, 0.5) is 5.69 Å². The zero-order chi connectivity index (χ0) is 25.0. The summed E-state index contributed by atoms with van der Waals surface area (Å²) < 4.78 is 0. The lowest BCUT2D eigenvalue weighted by Gasteiger charge is -2.47. The summed E-state index contributed by atoms with van der Waals surface area (Å²) >= 11 is 6.74. The summed E-state index contributed by atoms with van der Waals surface area (Å²) in [6, 6.07) is 5.57. The van der Waals surface area contributed by atoms with Crippen molar-refractivity contribution in [3.8, 4) is 0 Å². The molecule has 0 aromatic heterocycles. The van der Waals surface area contributed by atoms with Crippen molar-refractivity contribution in [3.63, 3.8) is 0 Å². The molecule has 3 atom stereocenters. The molecule has 2 N–H and O–H groups in total. The molecule has 2 amide bonds. The third-order valence-electron chi connectivity index (χ3n) is 6.50. The monoisotopic (exact) mass is 482 g/mol. The van der Waals surface area contributed by atoms with E-state index < -0.39 is 11.4 Å². The van der Waals surface area contributed by atoms with Crippen molar-refractivity contribution >= 4 is 35.3 Å². The maximum atomic E-state index is 13.3. The number of hydrogen-bond donors (Lipinski definition) is 2. The van der Waals surface area contributed by atoms with Crippen LogP contribution in [0, 0.1) is 5.92 Å². The maximum absolute atomic E-state index is 13.3. The van der Waals surface area contributed by atoms with Gasteiger partial charge in [-0.3, -0.25) is 19.5 Å². The number of nitrogens with zero attached hydrogens (tertiary/aromatic N) is 2. The molecule has 3 unspecified atom stereocenters. The Bertz CT molecular complexity index is 1040. The van der Waals surface area contributed by atoms with Crippen LogP contribution in [0.15, 0.2) is 59.5 Å². The van der Waals surface area contributed by atoms with E-state index in [1.165, 1.54) is 12.6 Å². The largest absolute Gasteiger partial charge is 0.362 e. The summed E-state index contributed by atoms with van der Waals surface area (Å²) in [6.45, 7) is 16.0. The molecule has 1 aliphatic carbocycles. The van der Waals surface area contributed by atoms with E-state index in [9.17, 15) is 9.59 Å². The first-order chi connectivity index (χ1) is 16.0. The molecule has 3 rings (SSSR count). The highest BCUT2D eigenvalue weighted by Gasteiger charge is 2.42. The number of amides is 2. The van der Waals surface area contributed by atoms with Crippen LogP contribution in [0.2, 0.25) is 5.02 Å². The van der Waals surface area contributed by atoms with Crippen molar-refractivity contribution in [3.05, 3.63) is 65.1 Å². The zero-order valence-corrected chi connectivity index (χ0v) is 21.3. The molecule has 1 saturated heterocycles. The maximum Gasteiger partial charge on any atom is 0.273 e. The highest BCUT2D eigenvalue weighted by atomic mass is 35.5. The van der Waals surface area contributed by atoms with Gasteiger partial charge in [-0.15, -0.1) is 0 Å². The van der Waals surface area contributed by atoms with Crippen molar-refractivity contribution in [2.24, 2.45) is 10.9 Å². The lowest BCUT2D eigenvalue weighted by atomic mass is 9.82. The van der Waals surface area contributed by atoms with E-state index in [2.05, 4.69) is 35.7 Å². The Morgan fingerprint density at radius 1 is 1.35 bits per heavy atom. The van der Waals surface area contributed by atoms with E-state index >= 15 is 0 Å². The molecular formula is C27H35ClN4O2. The number of carbonyl (C=O) groups is 2. The third kappa shape index (κ3) is 5.79. The van der Waals surface area contributed by atoms with Crippen LogP contribution < -0.4 is 10.6 Å². The van der Waals surface area contributed by atoms with Crippen molar-refractivity contribution < 1.29 is 9.59 Å². The Hall–Kier alpha value is -2.86. The summed E-state index contributed by atoms with van der Waals surface area (Å²) in [5, 5.41) is 6.60. The minimum atomic E-state index is -0.749. The molecule has 6 nitrogen and oxygen atoms in total. The van der Waals surface area contributed by atoms with Crippen LogP contribution in [0.1, 0.15) is 65.4 Å². The van der Waals surface area contributed by atoms with Gasteiger partial charge in [0.2, 0.25) is 5.91 Å². The topological polar surface area (TPSA) is 73.8 Å². The van der Waals surface area contributed by atoms with Gasteiger partial charge in [0.1, 0.15) is 11.5 Å². The van der Waals surface area contributed by atoms with Crippen LogP contribution >= 0.6 is 11.6 Å². The first-order valence-electron chi connectivity index (χ1n) is 11.8. The average Bonchev–Trinajstić information content (AvgIpc) is 2.74. The molecule has 1 saturated carbocycles. The van der Waals surface area contributed by atoms with Gasteiger partial charge in [0, 0.05) is 12.3 Å². The molecule has 2 fully saturated rings. The predicted molar refractivity (Wildman–Crippen MR) is 140 cm³/mol. The lowest BCUT2D eigenvalue weighted by molar-refractivity contribution is -0.137. The van der Waals surface area contributed by atoms with Gasteiger partial charge in [-0.05, 0) is 57.2 Å². The minimum Gasteiger partial charge on any atom is -0.362 e. The number of aliphatic imine (C=N–C) groups is 1. The molecule has 7 heteroatoms. The fraction of sp³-hybridized carbons (Fsp3) is 0.444. The van der Waals surface area contributed by atoms with Crippen molar-refractivity contribution in [2.45, 2.75) is 71.4 Å². The molecular weight excluding hydrogens is 448 g/mol. The van der Waals surface area contributed by atoms with Gasteiger partial charge in [-0.2, -0.15) is 0 Å². The number of allylic oxidation sites excluding steroid dienone is 2. The van der Waals surface area contributed by atoms with Gasteiger partial charge < -0.3 is 10.6 Å². The summed E-state index contributed by atoms with van der Waals surface area (Å²) in [4.78, 5) is 31.8. The van der Waals surface area contributed by atoms with Crippen molar-refractivity contribution in [1.82, 2.24) is 10.2 Å². The number of carbonyl (C=O) groups excluding carboxylic acids is 2. The number of rotatable bonds is 6. The number of benzene rings is 1. The molecule has 34 heavy (non-hydrogen) atoms. The number of halogens is 1. The van der Waals surface area contributed by atoms with Gasteiger partial charge in [0.25, 0.3) is 5.91 Å². The van der Waals surface area contributed by atoms with Gasteiger partial charge in [0.15, 0.2) is 0 Å². The first kappa shape index (κ1) is 25.8. The van der Waals surface area contributed by atoms with Gasteiger partial charge in [-0.1, -0.05) is 62.2 Å². The van der Waals surface area contributed by atoms with Crippen LogP contribution in [0.3, 0.4) is 0 Å². The summed E-state index contributed by atoms with van der Waals surface area (Å²) in [5.41, 5.74) is 1.54. The summed E-state index contributed by atoms with van der Waals surface area (Å²) in [7, 11) is 0. The molecule has 1 aliphatic heterocycles. The lowest BCUT2D eigenvalue weighted by Crippen LogP contribution is -2.57. The SMILES string of the molecule is C=C(N=CC=C(C)C)C(=O)Nc1cccc(C2(C)CC(=O)N(C3CCCC(C)C3)C(=C)N2)c1Cl. The predicted octanol–water partition coefficient (Wildman–Crippen LogP) is 5.92. The number of hydrogen-bond acceptors (Lipinski definition) is 4. The van der Waals surface area contributed by atoms with E-state index in [4.69, 9.17) is 11.6 Å². The smallest absolute Gasteiger partial charge is 0.273 e. The van der Waals surface area contributed by atoms with E-state index in [0.29, 0.717) is 22.4 Å². The normalized spacial score (nSPS) is 25.1. The molecule has 1 aromatic rings. The van der Waals surface area contributed by atoms with Gasteiger partial charge in [0.05, 0.1) is 22.7 Å². The number of anilines is 1. The molecule has 182 valence electrons. The summed E-state index contributed by atoms with van der Waals surface area (Å²) in [5.74, 6) is 0.795. The Morgan fingerprint density at radius 2 is 2.09 bits per heavy atom. The summed E-state index contributed by atoms with van der Waals surface area (Å²) in [6.07, 6.45) is 7.89. The van der Waals surface area contributed by atoms with Crippen molar-refractivity contribution in [1.29, 1.82) is 0 Å². The second kappa shape index (κ2) is 10.6. The van der Waals surface area contributed by atoms with Crippen LogP contribution in [0.5, 0.6) is 0 Å². The van der Waals surface area contributed by atoms with Crippen LogP contribution in [-0.2, 0) is 15.1 Å². The van der Waals surface area contributed by atoms with Crippen LogP contribution in [0.25, 0.3) is 0 Å². The van der Waals surface area contributed by atoms with Gasteiger partial charge in [-0.25, -0.2) is 0 Å². The Labute approximate surface area is 207 Å². The highest BCUT2D eigenvalue weighted by Crippen LogP contribution is 2.40. The molecule has 1 aromatic carbocycles. The fourth-order valence-corrected chi connectivity index (χ4v) is 5.15. The average molecular weight is 483 g/mol. The van der Waals surface area contributed by atoms with Crippen molar-refractivity contribution in [2.75, 3.05) is 5.32 Å². The Morgan fingerprint density at radius 3 is 2.74 bits per heavy atom. The zero-order valence-electron chi connectivity index (χ0n) is 20.6. The van der Waals surface area contributed by atoms with Gasteiger partial charge >= 0.3 is 0 Å². The molecule has 0 radical (unpaired) electrons. The second-order valence-corrected chi connectivity index (χ2v) is 10.2. The quantitative estimate of drug-likeness (QED) is 0.390. The van der Waals surface area contributed by atoms with E-state index in [1.807, 2.05) is 31.7 Å². The number of nitrogens with one attached hydrogen (secondary N) is 2. The second-order valence-electron chi connectivity index (χ2n) is 9.86. The Kier molecular flexibility index (Phi) is 8.03. The molecule has 2 aliphatic rings. The molecule has 0 spiro atoms. The van der Waals surface area contributed by atoms with E-state index in [-0.39, 0.29) is 24.1 Å². The first-order valence-corrected chi connectivity index (χ1v) is 12.2. The van der Waals surface area contributed by atoms with E-state index in [1.54, 1.807) is 18.2 Å². The minimum absolute atomic E-state index is 0.0397. The third-order valence-corrected chi connectivity index (χ3v) is 6.91.